The topological polar surface area (TPSA) is 75.7 Å². The fraction of sp³-hybridized carbons (Fsp3) is 0.233. The van der Waals surface area contributed by atoms with Crippen molar-refractivity contribution in [3.8, 4) is 5.75 Å². The summed E-state index contributed by atoms with van der Waals surface area (Å²) in [4.78, 5) is 39.8. The number of hydrogen-bond donors (Lipinski definition) is 1. The number of nitrogens with one attached hydrogen (secondary N) is 1. The van der Waals surface area contributed by atoms with Crippen molar-refractivity contribution in [2.24, 2.45) is 0 Å². The minimum atomic E-state index is -0.763. The average Bonchev–Trinajstić information content (AvgIpc) is 2.81. The third kappa shape index (κ3) is 5.52. The molecule has 0 radical (unpaired) electrons. The molecule has 0 saturated carbocycles. The first-order valence-electron chi connectivity index (χ1n) is 12.1. The molecule has 0 unspecified atom stereocenters. The van der Waals surface area contributed by atoms with Crippen LogP contribution in [0.25, 0.3) is 6.08 Å². The summed E-state index contributed by atoms with van der Waals surface area (Å²) >= 11 is 3.67. The summed E-state index contributed by atoms with van der Waals surface area (Å²) in [7, 11) is 0. The van der Waals surface area contributed by atoms with E-state index in [9.17, 15) is 14.4 Å². The Labute approximate surface area is 225 Å². The van der Waals surface area contributed by atoms with E-state index in [1.165, 1.54) is 17.2 Å². The number of amides is 4. The number of imide groups is 2. The maximum atomic E-state index is 13.4. The minimum Gasteiger partial charge on any atom is -0.494 e. The second kappa shape index (κ2) is 10.7. The summed E-state index contributed by atoms with van der Waals surface area (Å²) < 4.78 is 6.76. The Morgan fingerprint density at radius 1 is 0.973 bits per heavy atom. The lowest BCUT2D eigenvalue weighted by molar-refractivity contribution is -0.122. The Morgan fingerprint density at radius 2 is 1.68 bits per heavy atom. The molecule has 6 nitrogen and oxygen atoms in total. The zero-order valence-electron chi connectivity index (χ0n) is 21.6. The summed E-state index contributed by atoms with van der Waals surface area (Å²) in [5.41, 5.74) is 7.16. The first-order valence-corrected chi connectivity index (χ1v) is 12.9. The first kappa shape index (κ1) is 26.4. The van der Waals surface area contributed by atoms with E-state index in [2.05, 4.69) is 53.3 Å². The number of halogens is 1. The monoisotopic (exact) mass is 560 g/mol. The van der Waals surface area contributed by atoms with Gasteiger partial charge in [-0.25, -0.2) is 9.69 Å². The molecule has 4 rings (SSSR count). The van der Waals surface area contributed by atoms with E-state index < -0.39 is 17.8 Å². The van der Waals surface area contributed by atoms with E-state index in [-0.39, 0.29) is 5.57 Å². The van der Waals surface area contributed by atoms with Crippen LogP contribution in [0.15, 0.2) is 58.6 Å². The Kier molecular flexibility index (Phi) is 7.64. The lowest BCUT2D eigenvalue weighted by Crippen LogP contribution is -2.54. The van der Waals surface area contributed by atoms with Gasteiger partial charge >= 0.3 is 6.03 Å². The molecule has 1 N–H and O–H groups in total. The number of barbiturate groups is 1. The smallest absolute Gasteiger partial charge is 0.335 e. The zero-order chi connectivity index (χ0) is 26.9. The molecule has 0 atom stereocenters. The Hall–Kier alpha value is -3.71. The Bertz CT molecular complexity index is 1440. The molecule has 1 saturated heterocycles. The van der Waals surface area contributed by atoms with Crippen LogP contribution in [-0.2, 0) is 16.0 Å². The standard InChI is InChI=1S/C30H29BrN2O4/c1-6-37-27-16-22(15-25(31)23(27)13-21-11-17(2)10-18(3)12-21)14-24-28(34)32-30(36)33(29(24)35)26-9-7-8-19(4)20(26)5/h7-12,14-16H,6,13H2,1-5H3,(H,32,34,36)/b24-14+. The highest BCUT2D eigenvalue weighted by molar-refractivity contribution is 9.10. The maximum Gasteiger partial charge on any atom is 0.335 e. The lowest BCUT2D eigenvalue weighted by atomic mass is 9.98. The second-order valence-corrected chi connectivity index (χ2v) is 10.1. The molecule has 4 amide bonds. The van der Waals surface area contributed by atoms with Gasteiger partial charge in [0.1, 0.15) is 11.3 Å². The molecule has 0 aliphatic carbocycles. The molecular formula is C30H29BrN2O4. The lowest BCUT2D eigenvalue weighted by Gasteiger charge is -2.28. The third-order valence-electron chi connectivity index (χ3n) is 6.37. The average molecular weight is 561 g/mol. The van der Waals surface area contributed by atoms with Crippen LogP contribution in [0.5, 0.6) is 5.75 Å². The molecule has 0 aromatic heterocycles. The van der Waals surface area contributed by atoms with Gasteiger partial charge in [0.05, 0.1) is 12.3 Å². The van der Waals surface area contributed by atoms with E-state index in [1.54, 1.807) is 12.1 Å². The van der Waals surface area contributed by atoms with Gasteiger partial charge in [0, 0.05) is 16.5 Å². The summed E-state index contributed by atoms with van der Waals surface area (Å²) in [5.74, 6) is -0.741. The van der Waals surface area contributed by atoms with Crippen LogP contribution < -0.4 is 15.0 Å². The van der Waals surface area contributed by atoms with Gasteiger partial charge in [-0.2, -0.15) is 0 Å². The summed E-state index contributed by atoms with van der Waals surface area (Å²) in [6.07, 6.45) is 2.15. The molecule has 7 heteroatoms. The fourth-order valence-corrected chi connectivity index (χ4v) is 5.17. The van der Waals surface area contributed by atoms with Crippen LogP contribution >= 0.6 is 15.9 Å². The van der Waals surface area contributed by atoms with Gasteiger partial charge in [0.15, 0.2) is 0 Å². The van der Waals surface area contributed by atoms with Crippen LogP contribution in [0.4, 0.5) is 10.5 Å². The Morgan fingerprint density at radius 3 is 2.35 bits per heavy atom. The van der Waals surface area contributed by atoms with Crippen LogP contribution in [0.2, 0.25) is 0 Å². The van der Waals surface area contributed by atoms with Crippen molar-refractivity contribution in [2.75, 3.05) is 11.5 Å². The molecule has 1 fully saturated rings. The van der Waals surface area contributed by atoms with Crippen LogP contribution in [0, 0.1) is 27.7 Å². The first-order chi connectivity index (χ1) is 17.6. The highest BCUT2D eigenvalue weighted by atomic mass is 79.9. The highest BCUT2D eigenvalue weighted by Crippen LogP contribution is 2.33. The summed E-state index contributed by atoms with van der Waals surface area (Å²) in [6, 6.07) is 14.7. The molecule has 3 aromatic carbocycles. The number of urea groups is 1. The molecular weight excluding hydrogens is 532 g/mol. The predicted molar refractivity (Wildman–Crippen MR) is 149 cm³/mol. The predicted octanol–water partition coefficient (Wildman–Crippen LogP) is 6.34. The number of carbonyl (C=O) groups excluding carboxylic acids is 3. The second-order valence-electron chi connectivity index (χ2n) is 9.26. The number of aryl methyl sites for hydroxylation is 3. The largest absolute Gasteiger partial charge is 0.494 e. The number of rotatable bonds is 6. The summed E-state index contributed by atoms with van der Waals surface area (Å²) in [6.45, 7) is 10.3. The highest BCUT2D eigenvalue weighted by Gasteiger charge is 2.37. The van der Waals surface area contributed by atoms with Gasteiger partial charge in [0.2, 0.25) is 0 Å². The van der Waals surface area contributed by atoms with E-state index in [1.807, 2.05) is 39.0 Å². The third-order valence-corrected chi connectivity index (χ3v) is 7.08. The van der Waals surface area contributed by atoms with Gasteiger partial charge in [-0.15, -0.1) is 0 Å². The number of hydrogen-bond acceptors (Lipinski definition) is 4. The number of ether oxygens (including phenoxy) is 1. The van der Waals surface area contributed by atoms with Crippen molar-refractivity contribution < 1.29 is 19.1 Å². The van der Waals surface area contributed by atoms with Gasteiger partial charge in [-0.05, 0) is 81.1 Å². The van der Waals surface area contributed by atoms with Crippen LogP contribution in [0.3, 0.4) is 0 Å². The number of carbonyl (C=O) groups is 3. The SMILES string of the molecule is CCOc1cc(/C=C2\C(=O)NC(=O)N(c3cccc(C)c3C)C2=O)cc(Br)c1Cc1cc(C)cc(C)c1. The van der Waals surface area contributed by atoms with Gasteiger partial charge in [0.25, 0.3) is 11.8 Å². The molecule has 0 bridgehead atoms. The van der Waals surface area contributed by atoms with E-state index in [0.29, 0.717) is 30.0 Å². The maximum absolute atomic E-state index is 13.4. The van der Waals surface area contributed by atoms with E-state index >= 15 is 0 Å². The fourth-order valence-electron chi connectivity index (χ4n) is 4.57. The zero-order valence-corrected chi connectivity index (χ0v) is 23.2. The van der Waals surface area contributed by atoms with E-state index in [4.69, 9.17) is 4.74 Å². The van der Waals surface area contributed by atoms with Crippen molar-refractivity contribution in [3.63, 3.8) is 0 Å². The van der Waals surface area contributed by atoms with Gasteiger partial charge in [-0.1, -0.05) is 57.4 Å². The van der Waals surface area contributed by atoms with Gasteiger partial charge < -0.3 is 4.74 Å². The van der Waals surface area contributed by atoms with E-state index in [0.717, 1.165) is 31.6 Å². The normalized spacial score (nSPS) is 14.8. The van der Waals surface area contributed by atoms with Crippen molar-refractivity contribution >= 4 is 45.5 Å². The van der Waals surface area contributed by atoms with Crippen molar-refractivity contribution in [1.29, 1.82) is 0 Å². The van der Waals surface area contributed by atoms with Crippen molar-refractivity contribution in [2.45, 2.75) is 41.0 Å². The van der Waals surface area contributed by atoms with Crippen molar-refractivity contribution in [1.82, 2.24) is 5.32 Å². The number of nitrogens with zero attached hydrogens (tertiary/aromatic N) is 1. The molecule has 37 heavy (non-hydrogen) atoms. The number of benzene rings is 3. The molecule has 3 aromatic rings. The number of anilines is 1. The van der Waals surface area contributed by atoms with Crippen molar-refractivity contribution in [3.05, 3.63) is 97.5 Å². The molecule has 1 heterocycles. The van der Waals surface area contributed by atoms with Crippen LogP contribution in [0.1, 0.15) is 45.9 Å². The molecule has 190 valence electrons. The van der Waals surface area contributed by atoms with Crippen LogP contribution in [-0.4, -0.2) is 24.5 Å². The summed E-state index contributed by atoms with van der Waals surface area (Å²) in [5, 5.41) is 2.30. The molecule has 0 spiro atoms. The quantitative estimate of drug-likeness (QED) is 0.282. The Balaban J connectivity index is 1.74. The molecule has 1 aliphatic rings. The minimum absolute atomic E-state index is 0.128. The van der Waals surface area contributed by atoms with Gasteiger partial charge in [-0.3, -0.25) is 14.9 Å². The molecule has 1 aliphatic heterocycles.